The third kappa shape index (κ3) is 5.39. The molecular formula is C18H20N2O4. The van der Waals surface area contributed by atoms with Gasteiger partial charge >= 0.3 is 11.7 Å². The number of esters is 1. The molecule has 1 aromatic carbocycles. The van der Waals surface area contributed by atoms with Crippen molar-refractivity contribution in [3.8, 4) is 0 Å². The van der Waals surface area contributed by atoms with Crippen LogP contribution in [0.5, 0.6) is 0 Å². The lowest BCUT2D eigenvalue weighted by Crippen LogP contribution is -2.38. The van der Waals surface area contributed by atoms with Crippen molar-refractivity contribution in [2.45, 2.75) is 25.8 Å². The Balaban J connectivity index is 1.72. The fourth-order valence-electron chi connectivity index (χ4n) is 2.21. The van der Waals surface area contributed by atoms with Gasteiger partial charge < -0.3 is 15.3 Å². The molecule has 126 valence electrons. The molecule has 0 spiro atoms. The minimum Gasteiger partial charge on any atom is -0.618 e. The third-order valence-electron chi connectivity index (χ3n) is 3.48. The molecule has 6 heteroatoms. The molecule has 6 nitrogen and oxygen atoms in total. The van der Waals surface area contributed by atoms with Crippen LogP contribution in [0.4, 0.5) is 0 Å². The first-order valence-electron chi connectivity index (χ1n) is 7.75. The number of carbonyl (C=O) groups is 2. The summed E-state index contributed by atoms with van der Waals surface area (Å²) in [6.45, 7) is 1.48. The van der Waals surface area contributed by atoms with E-state index in [2.05, 4.69) is 5.32 Å². The zero-order chi connectivity index (χ0) is 17.4. The minimum atomic E-state index is -0.822. The molecule has 0 unspecified atom stereocenters. The second kappa shape index (κ2) is 8.67. The van der Waals surface area contributed by atoms with Crippen molar-refractivity contribution >= 4 is 11.9 Å². The molecule has 1 aromatic heterocycles. The first-order chi connectivity index (χ1) is 11.6. The van der Waals surface area contributed by atoms with Crippen LogP contribution in [0.25, 0.3) is 0 Å². The van der Waals surface area contributed by atoms with Gasteiger partial charge in [-0.05, 0) is 31.4 Å². The van der Waals surface area contributed by atoms with Crippen LogP contribution < -0.4 is 10.0 Å². The minimum absolute atomic E-state index is 0.0439. The van der Waals surface area contributed by atoms with E-state index in [1.807, 2.05) is 37.3 Å². The van der Waals surface area contributed by atoms with Gasteiger partial charge in [0, 0.05) is 18.2 Å². The third-order valence-corrected chi connectivity index (χ3v) is 3.48. The molecule has 0 aliphatic rings. The highest BCUT2D eigenvalue weighted by Gasteiger charge is 2.18. The van der Waals surface area contributed by atoms with Crippen molar-refractivity contribution in [1.29, 1.82) is 0 Å². The highest BCUT2D eigenvalue weighted by atomic mass is 16.5. The van der Waals surface area contributed by atoms with Gasteiger partial charge in [0.2, 0.25) is 0 Å². The molecule has 2 aromatic rings. The van der Waals surface area contributed by atoms with E-state index in [-0.39, 0.29) is 11.7 Å². The van der Waals surface area contributed by atoms with E-state index >= 15 is 0 Å². The predicted molar refractivity (Wildman–Crippen MR) is 88.1 cm³/mol. The molecule has 0 radical (unpaired) electrons. The SMILES string of the molecule is C[C@@H](CCc1ccccc1)NC(=O)COC(=O)c1cccc[n+]1[O-]. The Morgan fingerprint density at radius 2 is 1.88 bits per heavy atom. The molecule has 24 heavy (non-hydrogen) atoms. The summed E-state index contributed by atoms with van der Waals surface area (Å²) in [6.07, 6.45) is 2.83. The summed E-state index contributed by atoms with van der Waals surface area (Å²) >= 11 is 0. The van der Waals surface area contributed by atoms with Crippen molar-refractivity contribution in [3.63, 3.8) is 0 Å². The summed E-state index contributed by atoms with van der Waals surface area (Å²) in [5, 5.41) is 14.2. The number of nitrogens with zero attached hydrogens (tertiary/aromatic N) is 1. The van der Waals surface area contributed by atoms with Crippen molar-refractivity contribution < 1.29 is 19.1 Å². The lowest BCUT2D eigenvalue weighted by atomic mass is 10.1. The number of hydrogen-bond donors (Lipinski definition) is 1. The molecule has 1 heterocycles. The summed E-state index contributed by atoms with van der Waals surface area (Å²) in [5.41, 5.74) is 1.05. The van der Waals surface area contributed by atoms with Crippen molar-refractivity contribution in [1.82, 2.24) is 5.32 Å². The Labute approximate surface area is 140 Å². The maximum Gasteiger partial charge on any atom is 0.405 e. The molecule has 0 bridgehead atoms. The Morgan fingerprint density at radius 1 is 1.17 bits per heavy atom. The summed E-state index contributed by atoms with van der Waals surface area (Å²) < 4.78 is 5.27. The number of hydrogen-bond acceptors (Lipinski definition) is 4. The van der Waals surface area contributed by atoms with Gasteiger partial charge in [0.15, 0.2) is 12.8 Å². The van der Waals surface area contributed by atoms with Crippen LogP contribution >= 0.6 is 0 Å². The number of nitrogens with one attached hydrogen (secondary N) is 1. The van der Waals surface area contributed by atoms with Crippen LogP contribution in [0.3, 0.4) is 0 Å². The number of carbonyl (C=O) groups excluding carboxylic acids is 2. The topological polar surface area (TPSA) is 82.3 Å². The van der Waals surface area contributed by atoms with Crippen LogP contribution in [-0.2, 0) is 16.0 Å². The lowest BCUT2D eigenvalue weighted by Gasteiger charge is -2.14. The van der Waals surface area contributed by atoms with Gasteiger partial charge in [-0.2, -0.15) is 4.73 Å². The number of benzene rings is 1. The summed E-state index contributed by atoms with van der Waals surface area (Å²) in [7, 11) is 0. The molecule has 0 saturated carbocycles. The molecule has 0 aliphatic heterocycles. The first-order valence-corrected chi connectivity index (χ1v) is 7.75. The molecule has 1 atom stereocenters. The van der Waals surface area contributed by atoms with Gasteiger partial charge in [-0.25, -0.2) is 4.79 Å². The van der Waals surface area contributed by atoms with Crippen LogP contribution in [0.15, 0.2) is 54.7 Å². The van der Waals surface area contributed by atoms with Gasteiger partial charge in [0.25, 0.3) is 5.91 Å². The van der Waals surface area contributed by atoms with Gasteiger partial charge in [0.1, 0.15) is 0 Å². The number of aryl methyl sites for hydroxylation is 1. The number of rotatable bonds is 7. The maximum absolute atomic E-state index is 11.8. The predicted octanol–water partition coefficient (Wildman–Crippen LogP) is 1.61. The maximum atomic E-state index is 11.8. The zero-order valence-corrected chi connectivity index (χ0v) is 13.5. The van der Waals surface area contributed by atoms with Gasteiger partial charge in [-0.3, -0.25) is 4.79 Å². The molecule has 0 fully saturated rings. The first kappa shape index (κ1) is 17.5. The van der Waals surface area contributed by atoms with Gasteiger partial charge in [-0.1, -0.05) is 30.3 Å². The number of pyridine rings is 1. The van der Waals surface area contributed by atoms with E-state index in [1.165, 1.54) is 23.9 Å². The summed E-state index contributed by atoms with van der Waals surface area (Å²) in [6, 6.07) is 14.3. The normalized spacial score (nSPS) is 11.5. The monoisotopic (exact) mass is 328 g/mol. The Hall–Kier alpha value is -2.89. The van der Waals surface area contributed by atoms with Crippen LogP contribution in [0, 0.1) is 5.21 Å². The fraction of sp³-hybridized carbons (Fsp3) is 0.278. The van der Waals surface area contributed by atoms with Crippen LogP contribution in [0.2, 0.25) is 0 Å². The van der Waals surface area contributed by atoms with E-state index in [9.17, 15) is 14.8 Å². The second-order valence-corrected chi connectivity index (χ2v) is 5.48. The largest absolute Gasteiger partial charge is 0.618 e. The van der Waals surface area contributed by atoms with Gasteiger partial charge in [0.05, 0.1) is 0 Å². The van der Waals surface area contributed by atoms with Crippen LogP contribution in [-0.4, -0.2) is 24.5 Å². The zero-order valence-electron chi connectivity index (χ0n) is 13.5. The van der Waals surface area contributed by atoms with E-state index in [1.54, 1.807) is 6.07 Å². The van der Waals surface area contributed by atoms with E-state index in [0.29, 0.717) is 4.73 Å². The number of ether oxygens (including phenoxy) is 1. The summed E-state index contributed by atoms with van der Waals surface area (Å²) in [4.78, 5) is 23.6. The lowest BCUT2D eigenvalue weighted by molar-refractivity contribution is -0.608. The Bertz CT molecular complexity index is 688. The Kier molecular flexibility index (Phi) is 6.31. The van der Waals surface area contributed by atoms with Crippen molar-refractivity contribution in [2.75, 3.05) is 6.61 Å². The standard InChI is InChI=1S/C18H20N2O4/c1-14(10-11-15-7-3-2-4-8-15)19-17(21)13-24-18(22)16-9-5-6-12-20(16)23/h2-9,12,14H,10-11,13H2,1H3,(H,19,21)/t14-/m0/s1. The molecule has 0 aliphatic carbocycles. The molecule has 2 rings (SSSR count). The quantitative estimate of drug-likeness (QED) is 0.476. The molecule has 0 saturated heterocycles. The molecular weight excluding hydrogens is 308 g/mol. The summed E-state index contributed by atoms with van der Waals surface area (Å²) in [5.74, 6) is -1.21. The molecule has 1 amide bonds. The van der Waals surface area contributed by atoms with E-state index in [4.69, 9.17) is 4.74 Å². The fourth-order valence-corrected chi connectivity index (χ4v) is 2.21. The molecule has 1 N–H and O–H groups in total. The van der Waals surface area contributed by atoms with Gasteiger partial charge in [-0.15, -0.1) is 0 Å². The van der Waals surface area contributed by atoms with E-state index < -0.39 is 18.5 Å². The number of amides is 1. The van der Waals surface area contributed by atoms with E-state index in [0.717, 1.165) is 12.8 Å². The smallest absolute Gasteiger partial charge is 0.405 e. The van der Waals surface area contributed by atoms with Crippen molar-refractivity contribution in [2.24, 2.45) is 0 Å². The van der Waals surface area contributed by atoms with Crippen LogP contribution in [0.1, 0.15) is 29.4 Å². The Morgan fingerprint density at radius 3 is 2.58 bits per heavy atom. The van der Waals surface area contributed by atoms with Crippen molar-refractivity contribution in [3.05, 3.63) is 71.2 Å². The highest BCUT2D eigenvalue weighted by Crippen LogP contribution is 2.04. The average Bonchev–Trinajstić information content (AvgIpc) is 2.59. The average molecular weight is 328 g/mol. The highest BCUT2D eigenvalue weighted by molar-refractivity contribution is 5.88. The number of aromatic nitrogens is 1. The second-order valence-electron chi connectivity index (χ2n) is 5.48.